The van der Waals surface area contributed by atoms with Gasteiger partial charge in [0.1, 0.15) is 0 Å². The van der Waals surface area contributed by atoms with Gasteiger partial charge in [-0.1, -0.05) is 36.0 Å². The fourth-order valence-corrected chi connectivity index (χ4v) is 3.96. The molecule has 0 bridgehead atoms. The van der Waals surface area contributed by atoms with Crippen molar-refractivity contribution < 1.29 is 13.2 Å². The summed E-state index contributed by atoms with van der Waals surface area (Å²) in [5.74, 6) is -0.358. The molecule has 0 radical (unpaired) electrons. The lowest BCUT2D eigenvalue weighted by Crippen LogP contribution is -2.31. The molecule has 2 aromatic rings. The Bertz CT molecular complexity index is 802. The number of anilines is 1. The molecule has 1 aromatic carbocycles. The molecule has 7 nitrogen and oxygen atoms in total. The van der Waals surface area contributed by atoms with Crippen LogP contribution >= 0.6 is 11.3 Å². The number of sulfonamides is 1. The van der Waals surface area contributed by atoms with Crippen molar-refractivity contribution in [3.05, 3.63) is 35.4 Å². The quantitative estimate of drug-likeness (QED) is 0.774. The second kappa shape index (κ2) is 7.16. The number of aromatic nitrogens is 2. The third kappa shape index (κ3) is 4.57. The molecule has 1 amide bonds. The standard InChI is InChI=1S/C14H18N4O3S2/c1-4-10(3)18-23(20,21)14-17-16-13(22-14)15-12(19)11-7-5-6-9(2)8-11/h5-8,10,18H,4H2,1-3H3,(H,15,16,19)/t10-/m0/s1. The van der Waals surface area contributed by atoms with E-state index in [9.17, 15) is 13.2 Å². The summed E-state index contributed by atoms with van der Waals surface area (Å²) in [6, 6.07) is 6.86. The summed E-state index contributed by atoms with van der Waals surface area (Å²) in [7, 11) is -3.71. The Morgan fingerprint density at radius 2 is 2.09 bits per heavy atom. The van der Waals surface area contributed by atoms with Crippen LogP contribution in [0.25, 0.3) is 0 Å². The van der Waals surface area contributed by atoms with E-state index in [1.807, 2.05) is 19.9 Å². The zero-order valence-corrected chi connectivity index (χ0v) is 14.7. The van der Waals surface area contributed by atoms with Crippen LogP contribution in [0, 0.1) is 6.92 Å². The van der Waals surface area contributed by atoms with Gasteiger partial charge in [0.2, 0.25) is 9.47 Å². The molecule has 23 heavy (non-hydrogen) atoms. The van der Waals surface area contributed by atoms with Crippen molar-refractivity contribution in [3.63, 3.8) is 0 Å². The summed E-state index contributed by atoms with van der Waals surface area (Å²) in [4.78, 5) is 12.1. The molecule has 1 aromatic heterocycles. The van der Waals surface area contributed by atoms with Crippen LogP contribution in [-0.4, -0.2) is 30.6 Å². The third-order valence-corrected chi connectivity index (χ3v) is 5.90. The van der Waals surface area contributed by atoms with Crippen LogP contribution in [0.15, 0.2) is 28.6 Å². The molecular formula is C14H18N4O3S2. The van der Waals surface area contributed by atoms with E-state index < -0.39 is 10.0 Å². The molecule has 0 spiro atoms. The number of carbonyl (C=O) groups is 1. The fourth-order valence-electron chi connectivity index (χ4n) is 1.72. The van der Waals surface area contributed by atoms with E-state index >= 15 is 0 Å². The second-order valence-electron chi connectivity index (χ2n) is 5.13. The SMILES string of the molecule is CC[C@H](C)NS(=O)(=O)c1nnc(NC(=O)c2cccc(C)c2)s1. The summed E-state index contributed by atoms with van der Waals surface area (Å²) in [6.45, 7) is 5.52. The number of nitrogens with one attached hydrogen (secondary N) is 2. The molecule has 0 aliphatic carbocycles. The lowest BCUT2D eigenvalue weighted by Gasteiger charge is -2.08. The summed E-state index contributed by atoms with van der Waals surface area (Å²) >= 11 is 0.815. The second-order valence-corrected chi connectivity index (χ2v) is 7.99. The van der Waals surface area contributed by atoms with Crippen molar-refractivity contribution >= 4 is 32.4 Å². The van der Waals surface area contributed by atoms with Crippen molar-refractivity contribution in [1.82, 2.24) is 14.9 Å². The molecule has 9 heteroatoms. The van der Waals surface area contributed by atoms with Gasteiger partial charge in [0, 0.05) is 11.6 Å². The van der Waals surface area contributed by atoms with E-state index in [4.69, 9.17) is 0 Å². The number of hydrogen-bond donors (Lipinski definition) is 2. The van der Waals surface area contributed by atoms with E-state index in [-0.39, 0.29) is 21.4 Å². The maximum absolute atomic E-state index is 12.1. The monoisotopic (exact) mass is 354 g/mol. The van der Waals surface area contributed by atoms with Crippen molar-refractivity contribution in [2.45, 2.75) is 37.6 Å². The first-order chi connectivity index (χ1) is 10.8. The van der Waals surface area contributed by atoms with Gasteiger partial charge >= 0.3 is 0 Å². The number of amides is 1. The van der Waals surface area contributed by atoms with Gasteiger partial charge in [-0.05, 0) is 32.4 Å². The van der Waals surface area contributed by atoms with E-state index in [1.54, 1.807) is 25.1 Å². The highest BCUT2D eigenvalue weighted by Crippen LogP contribution is 2.21. The highest BCUT2D eigenvalue weighted by molar-refractivity contribution is 7.91. The molecule has 2 rings (SSSR count). The summed E-state index contributed by atoms with van der Waals surface area (Å²) in [5.41, 5.74) is 1.43. The lowest BCUT2D eigenvalue weighted by molar-refractivity contribution is 0.102. The first-order valence-electron chi connectivity index (χ1n) is 7.05. The molecule has 1 heterocycles. The largest absolute Gasteiger partial charge is 0.296 e. The van der Waals surface area contributed by atoms with E-state index in [2.05, 4.69) is 20.2 Å². The fraction of sp³-hybridized carbons (Fsp3) is 0.357. The van der Waals surface area contributed by atoms with Gasteiger partial charge in [0.25, 0.3) is 15.9 Å². The maximum Gasteiger partial charge on any atom is 0.270 e. The average molecular weight is 354 g/mol. The Balaban J connectivity index is 2.12. The van der Waals surface area contributed by atoms with Crippen LogP contribution in [-0.2, 0) is 10.0 Å². The lowest BCUT2D eigenvalue weighted by atomic mass is 10.1. The molecule has 124 valence electrons. The Hall–Kier alpha value is -1.84. The molecule has 0 fully saturated rings. The van der Waals surface area contributed by atoms with Gasteiger partial charge in [0.15, 0.2) is 0 Å². The van der Waals surface area contributed by atoms with Crippen molar-refractivity contribution in [1.29, 1.82) is 0 Å². The molecular weight excluding hydrogens is 336 g/mol. The smallest absolute Gasteiger partial charge is 0.270 e. The van der Waals surface area contributed by atoms with Crippen LogP contribution in [0.1, 0.15) is 36.2 Å². The zero-order valence-electron chi connectivity index (χ0n) is 13.0. The average Bonchev–Trinajstić information content (AvgIpc) is 2.96. The first kappa shape index (κ1) is 17.5. The van der Waals surface area contributed by atoms with E-state index in [1.165, 1.54) is 0 Å². The summed E-state index contributed by atoms with van der Waals surface area (Å²) < 4.78 is 26.5. The molecule has 2 N–H and O–H groups in total. The first-order valence-corrected chi connectivity index (χ1v) is 9.35. The minimum Gasteiger partial charge on any atom is -0.296 e. The Kier molecular flexibility index (Phi) is 5.45. The highest BCUT2D eigenvalue weighted by Gasteiger charge is 2.22. The molecule has 1 atom stereocenters. The predicted octanol–water partition coefficient (Wildman–Crippen LogP) is 2.18. The Morgan fingerprint density at radius 1 is 1.35 bits per heavy atom. The number of benzene rings is 1. The van der Waals surface area contributed by atoms with Gasteiger partial charge in [0.05, 0.1) is 0 Å². The minimum absolute atomic E-state index is 0.140. The topological polar surface area (TPSA) is 101 Å². The van der Waals surface area contributed by atoms with Crippen LogP contribution in [0.3, 0.4) is 0 Å². The number of hydrogen-bond acceptors (Lipinski definition) is 6. The van der Waals surface area contributed by atoms with Crippen LogP contribution in [0.4, 0.5) is 5.13 Å². The molecule has 0 saturated heterocycles. The van der Waals surface area contributed by atoms with Crippen molar-refractivity contribution in [2.75, 3.05) is 5.32 Å². The zero-order chi connectivity index (χ0) is 17.0. The van der Waals surface area contributed by atoms with Crippen LogP contribution in [0.2, 0.25) is 0 Å². The number of carbonyl (C=O) groups excluding carboxylic acids is 1. The maximum atomic E-state index is 12.1. The third-order valence-electron chi connectivity index (χ3n) is 3.11. The molecule has 0 aliphatic rings. The summed E-state index contributed by atoms with van der Waals surface area (Å²) in [6.07, 6.45) is 0.662. The Labute approximate surface area is 139 Å². The Morgan fingerprint density at radius 3 is 2.74 bits per heavy atom. The van der Waals surface area contributed by atoms with Crippen LogP contribution < -0.4 is 10.0 Å². The number of rotatable bonds is 6. The van der Waals surface area contributed by atoms with Gasteiger partial charge in [-0.3, -0.25) is 10.1 Å². The molecule has 0 saturated carbocycles. The normalized spacial score (nSPS) is 12.8. The van der Waals surface area contributed by atoms with Gasteiger partial charge in [-0.25, -0.2) is 13.1 Å². The van der Waals surface area contributed by atoms with Gasteiger partial charge < -0.3 is 0 Å². The van der Waals surface area contributed by atoms with E-state index in [0.717, 1.165) is 16.9 Å². The van der Waals surface area contributed by atoms with Crippen molar-refractivity contribution in [3.8, 4) is 0 Å². The predicted molar refractivity (Wildman–Crippen MR) is 89.1 cm³/mol. The van der Waals surface area contributed by atoms with Gasteiger partial charge in [-0.2, -0.15) is 0 Å². The highest BCUT2D eigenvalue weighted by atomic mass is 32.2. The number of nitrogens with zero attached hydrogens (tertiary/aromatic N) is 2. The van der Waals surface area contributed by atoms with Gasteiger partial charge in [-0.15, -0.1) is 10.2 Å². The molecule has 0 aliphatic heterocycles. The van der Waals surface area contributed by atoms with E-state index in [0.29, 0.717) is 12.0 Å². The minimum atomic E-state index is -3.71. The van der Waals surface area contributed by atoms with Crippen LogP contribution in [0.5, 0.6) is 0 Å². The van der Waals surface area contributed by atoms with Crippen molar-refractivity contribution in [2.24, 2.45) is 0 Å². The summed E-state index contributed by atoms with van der Waals surface area (Å²) in [5, 5.41) is 10.1. The molecule has 0 unspecified atom stereocenters. The number of aryl methyl sites for hydroxylation is 1.